The van der Waals surface area contributed by atoms with Crippen molar-refractivity contribution in [3.63, 3.8) is 0 Å². The van der Waals surface area contributed by atoms with Gasteiger partial charge in [-0.2, -0.15) is 13.2 Å². The molecule has 3 nitrogen and oxygen atoms in total. The minimum absolute atomic E-state index is 0.122. The maximum Gasteiger partial charge on any atom is 0.416 e. The normalized spacial score (nSPS) is 13.1. The molecule has 128 valence electrons. The number of allylic oxidation sites excluding steroid dienone is 1. The van der Waals surface area contributed by atoms with E-state index in [4.69, 9.17) is 0 Å². The molecule has 0 unspecified atom stereocenters. The van der Waals surface area contributed by atoms with E-state index in [1.54, 1.807) is 41.5 Å². The minimum atomic E-state index is -4.58. The van der Waals surface area contributed by atoms with Crippen LogP contribution < -0.4 is 0 Å². The monoisotopic (exact) mass is 329 g/mol. The van der Waals surface area contributed by atoms with Crippen LogP contribution in [-0.4, -0.2) is 11.1 Å². The van der Waals surface area contributed by atoms with Crippen molar-refractivity contribution in [1.29, 1.82) is 0 Å². The van der Waals surface area contributed by atoms with Crippen molar-refractivity contribution >= 4 is 11.3 Å². The smallest absolute Gasteiger partial charge is 0.258 e. The zero-order valence-corrected chi connectivity index (χ0v) is 14.3. The number of nitrogens with zero attached hydrogens (tertiary/aromatic N) is 1. The highest BCUT2D eigenvalue weighted by atomic mass is 19.4. The summed E-state index contributed by atoms with van der Waals surface area (Å²) in [5.74, 6) is 0. The fourth-order valence-corrected chi connectivity index (χ4v) is 2.31. The summed E-state index contributed by atoms with van der Waals surface area (Å²) in [6, 6.07) is 2.48. The van der Waals surface area contributed by atoms with Gasteiger partial charge in [0.25, 0.3) is 5.69 Å². The number of halogens is 3. The Labute approximate surface area is 134 Å². The van der Waals surface area contributed by atoms with E-state index in [1.165, 1.54) is 12.1 Å². The SMILES string of the molecule is C=C(c1cc(C(C)(C)C)c([N+](=O)[O-])c(C(C)(C)C)c1)C(F)(F)F. The van der Waals surface area contributed by atoms with E-state index in [0.29, 0.717) is 0 Å². The van der Waals surface area contributed by atoms with Gasteiger partial charge in [0.1, 0.15) is 0 Å². The highest BCUT2D eigenvalue weighted by molar-refractivity contribution is 5.72. The molecule has 0 aliphatic heterocycles. The quantitative estimate of drug-likeness (QED) is 0.511. The topological polar surface area (TPSA) is 43.1 Å². The van der Waals surface area contributed by atoms with Gasteiger partial charge in [0, 0.05) is 11.1 Å². The summed E-state index contributed by atoms with van der Waals surface area (Å²) in [6.45, 7) is 13.6. The lowest BCUT2D eigenvalue weighted by atomic mass is 9.77. The van der Waals surface area contributed by atoms with E-state index < -0.39 is 27.5 Å². The first-order chi connectivity index (χ1) is 10.1. The summed E-state index contributed by atoms with van der Waals surface area (Å²) < 4.78 is 39.1. The summed E-state index contributed by atoms with van der Waals surface area (Å²) in [5.41, 5.74) is -2.05. The molecular formula is C17H22F3NO2. The van der Waals surface area contributed by atoms with Crippen LogP contribution in [0.25, 0.3) is 5.57 Å². The fourth-order valence-electron chi connectivity index (χ4n) is 2.31. The minimum Gasteiger partial charge on any atom is -0.258 e. The lowest BCUT2D eigenvalue weighted by Crippen LogP contribution is -2.22. The van der Waals surface area contributed by atoms with E-state index in [1.807, 2.05) is 0 Å². The Balaban J connectivity index is 3.88. The predicted molar refractivity (Wildman–Crippen MR) is 85.6 cm³/mol. The van der Waals surface area contributed by atoms with Crippen LogP contribution in [0.15, 0.2) is 18.7 Å². The van der Waals surface area contributed by atoms with Gasteiger partial charge in [-0.1, -0.05) is 48.1 Å². The second kappa shape index (κ2) is 5.65. The van der Waals surface area contributed by atoms with Crippen LogP contribution in [0, 0.1) is 10.1 Å². The summed E-state index contributed by atoms with van der Waals surface area (Å²) in [7, 11) is 0. The fraction of sp³-hybridized carbons (Fsp3) is 0.529. The molecule has 0 saturated heterocycles. The Kier molecular flexibility index (Phi) is 4.72. The first kappa shape index (κ1) is 19.2. The molecule has 0 fully saturated rings. The molecule has 1 aromatic carbocycles. The molecule has 23 heavy (non-hydrogen) atoms. The Hall–Kier alpha value is -1.85. The molecule has 0 aliphatic rings. The standard InChI is InChI=1S/C17H22F3NO2/c1-10(17(18,19)20)11-8-12(15(2,3)4)14(21(22)23)13(9-11)16(5,6)7/h8-9H,1H2,2-7H3. The maximum absolute atomic E-state index is 13.0. The Bertz CT molecular complexity index is 612. The van der Waals surface area contributed by atoms with Crippen LogP contribution in [0.4, 0.5) is 18.9 Å². The van der Waals surface area contributed by atoms with Crippen LogP contribution in [0.2, 0.25) is 0 Å². The average Bonchev–Trinajstić information content (AvgIpc) is 2.32. The third kappa shape index (κ3) is 4.12. The Morgan fingerprint density at radius 2 is 1.35 bits per heavy atom. The molecule has 0 N–H and O–H groups in total. The van der Waals surface area contributed by atoms with Crippen molar-refractivity contribution in [3.8, 4) is 0 Å². The number of hydrogen-bond acceptors (Lipinski definition) is 2. The third-order valence-electron chi connectivity index (χ3n) is 3.60. The third-order valence-corrected chi connectivity index (χ3v) is 3.60. The summed E-state index contributed by atoms with van der Waals surface area (Å²) in [4.78, 5) is 11.1. The second-order valence-corrected chi connectivity index (χ2v) is 7.65. The highest BCUT2D eigenvalue weighted by Gasteiger charge is 2.38. The molecule has 0 bridgehead atoms. The van der Waals surface area contributed by atoms with Gasteiger partial charge in [-0.3, -0.25) is 10.1 Å². The van der Waals surface area contributed by atoms with Crippen molar-refractivity contribution in [3.05, 3.63) is 45.5 Å². The molecule has 0 aliphatic carbocycles. The van der Waals surface area contributed by atoms with Crippen LogP contribution in [-0.2, 0) is 10.8 Å². The molecule has 1 rings (SSSR count). The molecule has 0 heterocycles. The number of nitro groups is 1. The Morgan fingerprint density at radius 3 is 1.57 bits per heavy atom. The molecule has 0 saturated carbocycles. The maximum atomic E-state index is 13.0. The first-order valence-electron chi connectivity index (χ1n) is 7.16. The average molecular weight is 329 g/mol. The van der Waals surface area contributed by atoms with Crippen molar-refractivity contribution in [2.75, 3.05) is 0 Å². The van der Waals surface area contributed by atoms with Crippen molar-refractivity contribution < 1.29 is 18.1 Å². The Morgan fingerprint density at radius 1 is 1.00 bits per heavy atom. The van der Waals surface area contributed by atoms with Crippen LogP contribution in [0.3, 0.4) is 0 Å². The van der Waals surface area contributed by atoms with Gasteiger partial charge in [0.15, 0.2) is 0 Å². The molecular weight excluding hydrogens is 307 g/mol. The molecule has 0 amide bonds. The molecule has 0 aromatic heterocycles. The number of benzene rings is 1. The molecule has 6 heteroatoms. The number of alkyl halides is 3. The molecule has 0 atom stereocenters. The van der Waals surface area contributed by atoms with Gasteiger partial charge >= 0.3 is 6.18 Å². The van der Waals surface area contributed by atoms with Gasteiger partial charge < -0.3 is 0 Å². The van der Waals surface area contributed by atoms with Crippen molar-refractivity contribution in [2.45, 2.75) is 58.5 Å². The zero-order chi connectivity index (χ0) is 18.4. The van der Waals surface area contributed by atoms with Crippen LogP contribution in [0.5, 0.6) is 0 Å². The van der Waals surface area contributed by atoms with Gasteiger partial charge in [0.05, 0.1) is 10.5 Å². The van der Waals surface area contributed by atoms with E-state index in [0.717, 1.165) is 0 Å². The summed E-state index contributed by atoms with van der Waals surface area (Å²) >= 11 is 0. The van der Waals surface area contributed by atoms with Gasteiger partial charge in [-0.25, -0.2) is 0 Å². The largest absolute Gasteiger partial charge is 0.416 e. The van der Waals surface area contributed by atoms with E-state index >= 15 is 0 Å². The summed E-state index contributed by atoms with van der Waals surface area (Å²) in [6.07, 6.45) is -4.58. The van der Waals surface area contributed by atoms with E-state index in [2.05, 4.69) is 6.58 Å². The van der Waals surface area contributed by atoms with Gasteiger partial charge in [0.2, 0.25) is 0 Å². The van der Waals surface area contributed by atoms with E-state index in [-0.39, 0.29) is 22.4 Å². The number of nitro benzene ring substituents is 1. The number of rotatable bonds is 2. The highest BCUT2D eigenvalue weighted by Crippen LogP contribution is 2.43. The summed E-state index contributed by atoms with van der Waals surface area (Å²) in [5, 5.41) is 11.6. The van der Waals surface area contributed by atoms with Crippen molar-refractivity contribution in [2.24, 2.45) is 0 Å². The van der Waals surface area contributed by atoms with Gasteiger partial charge in [-0.15, -0.1) is 0 Å². The molecule has 1 aromatic rings. The van der Waals surface area contributed by atoms with Crippen molar-refractivity contribution in [1.82, 2.24) is 0 Å². The number of hydrogen-bond donors (Lipinski definition) is 0. The van der Waals surface area contributed by atoms with E-state index in [9.17, 15) is 23.3 Å². The van der Waals surface area contributed by atoms with Crippen LogP contribution >= 0.6 is 0 Å². The van der Waals surface area contributed by atoms with Gasteiger partial charge in [-0.05, 0) is 28.5 Å². The molecule has 0 radical (unpaired) electrons. The van der Waals surface area contributed by atoms with Crippen LogP contribution in [0.1, 0.15) is 58.2 Å². The zero-order valence-electron chi connectivity index (χ0n) is 14.3. The lowest BCUT2D eigenvalue weighted by Gasteiger charge is -2.27. The molecule has 0 spiro atoms. The second-order valence-electron chi connectivity index (χ2n) is 7.65. The first-order valence-corrected chi connectivity index (χ1v) is 7.16. The lowest BCUT2D eigenvalue weighted by molar-refractivity contribution is -0.387. The predicted octanol–water partition coefficient (Wildman–Crippen LogP) is 5.77.